The fraction of sp³-hybridized carbons (Fsp3) is 1.00. The lowest BCUT2D eigenvalue weighted by atomic mass is 9.91. The van der Waals surface area contributed by atoms with E-state index in [1.54, 1.807) is 0 Å². The molecule has 2 saturated carbocycles. The third-order valence-corrected chi connectivity index (χ3v) is 9.57. The highest BCUT2D eigenvalue weighted by molar-refractivity contribution is 6.69. The third-order valence-electron chi connectivity index (χ3n) is 5.05. The number of hydrogen-bond acceptors (Lipinski definition) is 2. The van der Waals surface area contributed by atoms with Gasteiger partial charge in [-0.25, -0.2) is 0 Å². The molecular formula is C16H32O2Si. The van der Waals surface area contributed by atoms with Gasteiger partial charge in [-0.3, -0.25) is 0 Å². The maximum atomic E-state index is 6.37. The summed E-state index contributed by atoms with van der Waals surface area (Å²) in [6.45, 7) is 5.98. The zero-order valence-corrected chi connectivity index (χ0v) is 14.0. The van der Waals surface area contributed by atoms with Crippen LogP contribution in [-0.2, 0) is 8.85 Å². The maximum Gasteiger partial charge on any atom is 0.341 e. The van der Waals surface area contributed by atoms with Crippen molar-refractivity contribution < 1.29 is 8.85 Å². The van der Waals surface area contributed by atoms with E-state index in [2.05, 4.69) is 13.8 Å². The number of rotatable bonds is 7. The van der Waals surface area contributed by atoms with Crippen molar-refractivity contribution in [2.75, 3.05) is 13.2 Å². The molecule has 112 valence electrons. The predicted octanol–water partition coefficient (Wildman–Crippen LogP) is 5.03. The van der Waals surface area contributed by atoms with E-state index in [1.165, 1.54) is 63.8 Å². The van der Waals surface area contributed by atoms with E-state index in [-0.39, 0.29) is 0 Å². The summed E-state index contributed by atoms with van der Waals surface area (Å²) in [4.78, 5) is 0. The molecule has 2 nitrogen and oxygen atoms in total. The van der Waals surface area contributed by atoms with Crippen molar-refractivity contribution in [3.63, 3.8) is 0 Å². The van der Waals surface area contributed by atoms with Crippen molar-refractivity contribution in [1.82, 2.24) is 0 Å². The lowest BCUT2D eigenvalue weighted by Gasteiger charge is -2.38. The van der Waals surface area contributed by atoms with Gasteiger partial charge in [0.1, 0.15) is 0 Å². The molecule has 0 aromatic heterocycles. The highest BCUT2D eigenvalue weighted by Gasteiger charge is 2.47. The SMILES string of the molecule is CCO[Si](CC1CCCCC1)(OCC)C1CCCC1. The molecule has 19 heavy (non-hydrogen) atoms. The third kappa shape index (κ3) is 4.05. The highest BCUT2D eigenvalue weighted by Crippen LogP contribution is 2.45. The van der Waals surface area contributed by atoms with Gasteiger partial charge in [-0.15, -0.1) is 0 Å². The summed E-state index contributed by atoms with van der Waals surface area (Å²) in [6.07, 6.45) is 12.6. The smallest absolute Gasteiger partial charge is 0.341 e. The summed E-state index contributed by atoms with van der Waals surface area (Å²) < 4.78 is 12.7. The molecule has 0 saturated heterocycles. The van der Waals surface area contributed by atoms with Crippen LogP contribution in [0.1, 0.15) is 71.6 Å². The van der Waals surface area contributed by atoms with E-state index in [0.717, 1.165) is 24.7 Å². The second-order valence-corrected chi connectivity index (χ2v) is 9.79. The first-order valence-electron chi connectivity index (χ1n) is 8.58. The average molecular weight is 285 g/mol. The van der Waals surface area contributed by atoms with E-state index in [1.807, 2.05) is 0 Å². The topological polar surface area (TPSA) is 18.5 Å². The molecule has 3 heteroatoms. The lowest BCUT2D eigenvalue weighted by Crippen LogP contribution is -2.48. The monoisotopic (exact) mass is 284 g/mol. The molecule has 0 aromatic rings. The standard InChI is InChI=1S/C16H32O2Si/c1-3-17-19(18-4-2,16-12-8-9-13-16)14-15-10-6-5-7-11-15/h15-16H,3-14H2,1-2H3. The van der Waals surface area contributed by atoms with Crippen molar-refractivity contribution in [3.8, 4) is 0 Å². The van der Waals surface area contributed by atoms with Crippen LogP contribution in [0, 0.1) is 5.92 Å². The van der Waals surface area contributed by atoms with Gasteiger partial charge in [-0.05, 0) is 38.7 Å². The van der Waals surface area contributed by atoms with E-state index in [0.29, 0.717) is 0 Å². The Balaban J connectivity index is 2.05. The Morgan fingerprint density at radius 3 is 1.84 bits per heavy atom. The van der Waals surface area contributed by atoms with Gasteiger partial charge in [0.05, 0.1) is 0 Å². The van der Waals surface area contributed by atoms with Gasteiger partial charge >= 0.3 is 8.56 Å². The van der Waals surface area contributed by atoms with Gasteiger partial charge < -0.3 is 8.85 Å². The number of hydrogen-bond donors (Lipinski definition) is 0. The summed E-state index contributed by atoms with van der Waals surface area (Å²) in [6, 6.07) is 1.28. The lowest BCUT2D eigenvalue weighted by molar-refractivity contribution is 0.162. The Morgan fingerprint density at radius 1 is 0.789 bits per heavy atom. The van der Waals surface area contributed by atoms with Crippen molar-refractivity contribution in [2.45, 2.75) is 83.2 Å². The molecule has 2 fully saturated rings. The van der Waals surface area contributed by atoms with Crippen LogP contribution in [0.2, 0.25) is 11.6 Å². The van der Waals surface area contributed by atoms with Gasteiger partial charge in [0.25, 0.3) is 0 Å². The quantitative estimate of drug-likeness (QED) is 0.611. The first-order valence-corrected chi connectivity index (χ1v) is 10.7. The summed E-state index contributed by atoms with van der Waals surface area (Å²) >= 11 is 0. The second kappa shape index (κ2) is 7.80. The van der Waals surface area contributed by atoms with Crippen molar-refractivity contribution in [1.29, 1.82) is 0 Å². The minimum Gasteiger partial charge on any atom is -0.394 e. The summed E-state index contributed by atoms with van der Waals surface area (Å²) in [5, 5.41) is 0. The zero-order valence-electron chi connectivity index (χ0n) is 13.0. The Morgan fingerprint density at radius 2 is 1.32 bits per heavy atom. The molecule has 0 atom stereocenters. The van der Waals surface area contributed by atoms with Crippen LogP contribution in [-0.4, -0.2) is 21.8 Å². The molecule has 0 aliphatic heterocycles. The molecule has 2 aliphatic rings. The van der Waals surface area contributed by atoms with Crippen molar-refractivity contribution in [3.05, 3.63) is 0 Å². The molecule has 0 radical (unpaired) electrons. The molecule has 0 unspecified atom stereocenters. The van der Waals surface area contributed by atoms with E-state index in [9.17, 15) is 0 Å². The first-order chi connectivity index (χ1) is 9.30. The van der Waals surface area contributed by atoms with Gasteiger partial charge in [0.15, 0.2) is 0 Å². The minimum atomic E-state index is -1.95. The van der Waals surface area contributed by atoms with E-state index < -0.39 is 8.56 Å². The maximum absolute atomic E-state index is 6.37. The fourth-order valence-corrected chi connectivity index (χ4v) is 8.81. The van der Waals surface area contributed by atoms with Gasteiger partial charge in [-0.2, -0.15) is 0 Å². The van der Waals surface area contributed by atoms with Crippen molar-refractivity contribution >= 4 is 8.56 Å². The van der Waals surface area contributed by atoms with Crippen LogP contribution in [0.5, 0.6) is 0 Å². The second-order valence-electron chi connectivity index (χ2n) is 6.37. The zero-order chi connectivity index (χ0) is 13.6. The molecule has 0 bridgehead atoms. The van der Waals surface area contributed by atoms with E-state index in [4.69, 9.17) is 8.85 Å². The molecule has 2 aliphatic carbocycles. The Hall–Kier alpha value is 0.137. The fourth-order valence-electron chi connectivity index (χ4n) is 4.21. The largest absolute Gasteiger partial charge is 0.394 e. The van der Waals surface area contributed by atoms with Crippen LogP contribution in [0.15, 0.2) is 0 Å². The Bertz CT molecular complexity index is 239. The van der Waals surface area contributed by atoms with Gasteiger partial charge in [0, 0.05) is 18.8 Å². The van der Waals surface area contributed by atoms with Crippen molar-refractivity contribution in [2.24, 2.45) is 5.92 Å². The summed E-state index contributed by atoms with van der Waals surface area (Å²) in [5.41, 5.74) is 0.773. The Labute approximate surface area is 120 Å². The van der Waals surface area contributed by atoms with Crippen LogP contribution in [0.4, 0.5) is 0 Å². The molecule has 0 amide bonds. The highest BCUT2D eigenvalue weighted by atomic mass is 28.4. The molecule has 0 heterocycles. The van der Waals surface area contributed by atoms with Gasteiger partial charge in [-0.1, -0.05) is 44.9 Å². The molecule has 0 N–H and O–H groups in total. The van der Waals surface area contributed by atoms with Crippen LogP contribution < -0.4 is 0 Å². The summed E-state index contributed by atoms with van der Waals surface area (Å²) in [5.74, 6) is 0.888. The minimum absolute atomic E-state index is 0.773. The normalized spacial score (nSPS) is 23.1. The summed E-state index contributed by atoms with van der Waals surface area (Å²) in [7, 11) is -1.95. The van der Waals surface area contributed by atoms with Crippen LogP contribution >= 0.6 is 0 Å². The van der Waals surface area contributed by atoms with E-state index >= 15 is 0 Å². The predicted molar refractivity (Wildman–Crippen MR) is 82.6 cm³/mol. The molecular weight excluding hydrogens is 252 g/mol. The first kappa shape index (κ1) is 15.5. The van der Waals surface area contributed by atoms with Crippen LogP contribution in [0.25, 0.3) is 0 Å². The molecule has 0 aromatic carbocycles. The van der Waals surface area contributed by atoms with Crippen LogP contribution in [0.3, 0.4) is 0 Å². The average Bonchev–Trinajstić information content (AvgIpc) is 2.95. The molecule has 2 rings (SSSR count). The Kier molecular flexibility index (Phi) is 6.37. The molecule has 0 spiro atoms. The van der Waals surface area contributed by atoms with Gasteiger partial charge in [0.2, 0.25) is 0 Å².